The van der Waals surface area contributed by atoms with Gasteiger partial charge in [0.2, 0.25) is 5.91 Å². The quantitative estimate of drug-likeness (QED) is 0.647. The number of nitrogens with one attached hydrogen (secondary N) is 2. The van der Waals surface area contributed by atoms with E-state index in [1.807, 2.05) is 25.1 Å². The van der Waals surface area contributed by atoms with E-state index in [-0.39, 0.29) is 17.1 Å². The molecule has 0 saturated heterocycles. The number of thiazole rings is 1. The third kappa shape index (κ3) is 4.82. The number of carbonyl (C=O) groups is 2. The highest BCUT2D eigenvalue weighted by Crippen LogP contribution is 2.31. The summed E-state index contributed by atoms with van der Waals surface area (Å²) in [6.07, 6.45) is 1.70. The van der Waals surface area contributed by atoms with Crippen LogP contribution in [0.25, 0.3) is 10.6 Å². The predicted octanol–water partition coefficient (Wildman–Crippen LogP) is 4.19. The summed E-state index contributed by atoms with van der Waals surface area (Å²) in [6, 6.07) is 10.1. The Bertz CT molecular complexity index is 992. The SMILES string of the molecule is Cc1nc(NC(=O)CNC(=O)c2ccc(Cl)cc2Cl)sc1-c1ccccn1. The number of amides is 2. The number of hydrogen-bond acceptors (Lipinski definition) is 5. The molecule has 0 bridgehead atoms. The topological polar surface area (TPSA) is 84.0 Å². The van der Waals surface area contributed by atoms with Crippen molar-refractivity contribution in [3.8, 4) is 10.6 Å². The Morgan fingerprint density at radius 1 is 1.19 bits per heavy atom. The lowest BCUT2D eigenvalue weighted by atomic mass is 10.2. The minimum absolute atomic E-state index is 0.213. The van der Waals surface area contributed by atoms with Gasteiger partial charge in [-0.1, -0.05) is 40.6 Å². The van der Waals surface area contributed by atoms with Crippen molar-refractivity contribution in [2.24, 2.45) is 0 Å². The van der Waals surface area contributed by atoms with E-state index in [1.54, 1.807) is 12.3 Å². The van der Waals surface area contributed by atoms with Gasteiger partial charge in [-0.05, 0) is 37.3 Å². The Morgan fingerprint density at radius 2 is 2.00 bits per heavy atom. The lowest BCUT2D eigenvalue weighted by Crippen LogP contribution is -2.33. The zero-order chi connectivity index (χ0) is 19.4. The van der Waals surface area contributed by atoms with Crippen LogP contribution in [0.1, 0.15) is 16.1 Å². The second-order valence-electron chi connectivity index (χ2n) is 5.50. The molecular formula is C18H14Cl2N4O2S. The molecule has 9 heteroatoms. The molecule has 2 N–H and O–H groups in total. The zero-order valence-corrected chi connectivity index (χ0v) is 16.5. The van der Waals surface area contributed by atoms with Crippen molar-refractivity contribution in [1.82, 2.24) is 15.3 Å². The van der Waals surface area contributed by atoms with E-state index in [0.29, 0.717) is 10.2 Å². The number of nitrogens with zero attached hydrogens (tertiary/aromatic N) is 2. The number of hydrogen-bond donors (Lipinski definition) is 2. The zero-order valence-electron chi connectivity index (χ0n) is 14.1. The first kappa shape index (κ1) is 19.3. The Kier molecular flexibility index (Phi) is 6.05. The summed E-state index contributed by atoms with van der Waals surface area (Å²) in [4.78, 5) is 33.8. The summed E-state index contributed by atoms with van der Waals surface area (Å²) in [5.41, 5.74) is 1.81. The Morgan fingerprint density at radius 3 is 2.70 bits per heavy atom. The van der Waals surface area contributed by atoms with Gasteiger partial charge in [0, 0.05) is 11.2 Å². The van der Waals surface area contributed by atoms with Crippen LogP contribution in [0.5, 0.6) is 0 Å². The summed E-state index contributed by atoms with van der Waals surface area (Å²) in [5, 5.41) is 6.28. The van der Waals surface area contributed by atoms with Gasteiger partial charge in [-0.2, -0.15) is 0 Å². The molecular weight excluding hydrogens is 407 g/mol. The average Bonchev–Trinajstić information content (AvgIpc) is 3.00. The van der Waals surface area contributed by atoms with Gasteiger partial charge in [-0.3, -0.25) is 14.6 Å². The maximum absolute atomic E-state index is 12.1. The molecule has 3 rings (SSSR count). The average molecular weight is 421 g/mol. The molecule has 138 valence electrons. The number of aryl methyl sites for hydroxylation is 1. The first-order valence-corrected chi connectivity index (χ1v) is 9.43. The van der Waals surface area contributed by atoms with Crippen molar-refractivity contribution in [2.45, 2.75) is 6.92 Å². The van der Waals surface area contributed by atoms with Crippen LogP contribution in [0.15, 0.2) is 42.6 Å². The minimum Gasteiger partial charge on any atom is -0.343 e. The van der Waals surface area contributed by atoms with Gasteiger partial charge in [0.25, 0.3) is 5.91 Å². The monoisotopic (exact) mass is 420 g/mol. The van der Waals surface area contributed by atoms with Crippen molar-refractivity contribution >= 4 is 51.5 Å². The number of carbonyl (C=O) groups excluding carboxylic acids is 2. The van der Waals surface area contributed by atoms with E-state index >= 15 is 0 Å². The van der Waals surface area contributed by atoms with Gasteiger partial charge in [0.05, 0.1) is 33.4 Å². The Balaban J connectivity index is 1.61. The van der Waals surface area contributed by atoms with Gasteiger partial charge < -0.3 is 10.6 Å². The van der Waals surface area contributed by atoms with Gasteiger partial charge in [-0.25, -0.2) is 4.98 Å². The van der Waals surface area contributed by atoms with Crippen LogP contribution in [0.3, 0.4) is 0 Å². The van der Waals surface area contributed by atoms with Crippen LogP contribution in [0.4, 0.5) is 5.13 Å². The van der Waals surface area contributed by atoms with E-state index in [1.165, 1.54) is 23.5 Å². The first-order chi connectivity index (χ1) is 12.9. The van der Waals surface area contributed by atoms with Crippen LogP contribution < -0.4 is 10.6 Å². The van der Waals surface area contributed by atoms with E-state index in [0.717, 1.165) is 16.3 Å². The predicted molar refractivity (Wildman–Crippen MR) is 108 cm³/mol. The molecule has 0 fully saturated rings. The Labute approximate surface area is 169 Å². The van der Waals surface area contributed by atoms with Crippen LogP contribution >= 0.6 is 34.5 Å². The van der Waals surface area contributed by atoms with Crippen molar-refractivity contribution in [3.05, 3.63) is 63.9 Å². The fourth-order valence-electron chi connectivity index (χ4n) is 2.28. The molecule has 2 aromatic heterocycles. The van der Waals surface area contributed by atoms with Gasteiger partial charge in [0.1, 0.15) is 0 Å². The van der Waals surface area contributed by atoms with Crippen LogP contribution in [0, 0.1) is 6.92 Å². The van der Waals surface area contributed by atoms with Crippen molar-refractivity contribution < 1.29 is 9.59 Å². The first-order valence-electron chi connectivity index (χ1n) is 7.86. The summed E-state index contributed by atoms with van der Waals surface area (Å²) < 4.78 is 0. The van der Waals surface area contributed by atoms with Gasteiger partial charge >= 0.3 is 0 Å². The van der Waals surface area contributed by atoms with Crippen LogP contribution in [-0.4, -0.2) is 28.3 Å². The van der Waals surface area contributed by atoms with Crippen molar-refractivity contribution in [2.75, 3.05) is 11.9 Å². The Hall–Kier alpha value is -2.48. The number of pyridine rings is 1. The lowest BCUT2D eigenvalue weighted by molar-refractivity contribution is -0.115. The number of benzene rings is 1. The normalized spacial score (nSPS) is 10.5. The highest BCUT2D eigenvalue weighted by Gasteiger charge is 2.15. The molecule has 0 aliphatic rings. The van der Waals surface area contributed by atoms with Crippen LogP contribution in [0.2, 0.25) is 10.0 Å². The largest absolute Gasteiger partial charge is 0.343 e. The highest BCUT2D eigenvalue weighted by molar-refractivity contribution is 7.19. The fraction of sp³-hybridized carbons (Fsp3) is 0.111. The maximum Gasteiger partial charge on any atom is 0.253 e. The summed E-state index contributed by atoms with van der Waals surface area (Å²) >= 11 is 13.1. The molecule has 2 amide bonds. The van der Waals surface area contributed by atoms with E-state index in [2.05, 4.69) is 20.6 Å². The van der Waals surface area contributed by atoms with Crippen molar-refractivity contribution in [3.63, 3.8) is 0 Å². The molecule has 0 aliphatic carbocycles. The number of halogens is 2. The molecule has 0 saturated carbocycles. The fourth-order valence-corrected chi connectivity index (χ4v) is 3.73. The van der Waals surface area contributed by atoms with Gasteiger partial charge in [-0.15, -0.1) is 0 Å². The highest BCUT2D eigenvalue weighted by atomic mass is 35.5. The molecule has 2 heterocycles. The van der Waals surface area contributed by atoms with Crippen LogP contribution in [-0.2, 0) is 4.79 Å². The molecule has 0 atom stereocenters. The second-order valence-corrected chi connectivity index (χ2v) is 7.35. The van der Waals surface area contributed by atoms with Crippen molar-refractivity contribution in [1.29, 1.82) is 0 Å². The lowest BCUT2D eigenvalue weighted by Gasteiger charge is -2.06. The summed E-state index contributed by atoms with van der Waals surface area (Å²) in [5.74, 6) is -0.855. The smallest absolute Gasteiger partial charge is 0.253 e. The van der Waals surface area contributed by atoms with Gasteiger partial charge in [0.15, 0.2) is 5.13 Å². The number of anilines is 1. The molecule has 27 heavy (non-hydrogen) atoms. The second kappa shape index (κ2) is 8.47. The molecule has 0 unspecified atom stereocenters. The molecule has 3 aromatic rings. The molecule has 6 nitrogen and oxygen atoms in total. The molecule has 0 spiro atoms. The third-order valence-electron chi connectivity index (χ3n) is 3.53. The molecule has 0 aliphatic heterocycles. The number of aromatic nitrogens is 2. The minimum atomic E-state index is -0.462. The summed E-state index contributed by atoms with van der Waals surface area (Å²) in [6.45, 7) is 1.63. The molecule has 1 aromatic carbocycles. The standard InChI is InChI=1S/C18H14Cl2N4O2S/c1-10-16(14-4-2-3-7-21-14)27-18(23-10)24-15(25)9-22-17(26)12-6-5-11(19)8-13(12)20/h2-8H,9H2,1H3,(H,22,26)(H,23,24,25). The third-order valence-corrected chi connectivity index (χ3v) is 5.17. The van der Waals surface area contributed by atoms with E-state index in [9.17, 15) is 9.59 Å². The van der Waals surface area contributed by atoms with E-state index < -0.39 is 11.8 Å². The summed E-state index contributed by atoms with van der Waals surface area (Å²) in [7, 11) is 0. The number of rotatable bonds is 5. The molecule has 0 radical (unpaired) electrons. The maximum atomic E-state index is 12.1. The van der Waals surface area contributed by atoms with E-state index in [4.69, 9.17) is 23.2 Å².